The third kappa shape index (κ3) is 2.57. The van der Waals surface area contributed by atoms with Crippen LogP contribution in [0.3, 0.4) is 0 Å². The van der Waals surface area contributed by atoms with E-state index in [4.69, 9.17) is 12.2 Å². The van der Waals surface area contributed by atoms with Gasteiger partial charge in [0, 0.05) is 24.2 Å². The van der Waals surface area contributed by atoms with Gasteiger partial charge in [-0.1, -0.05) is 12.2 Å². The highest BCUT2D eigenvalue weighted by molar-refractivity contribution is 7.81. The van der Waals surface area contributed by atoms with E-state index in [1.807, 2.05) is 24.3 Å². The molecule has 0 fully saturated rings. The second-order valence-corrected chi connectivity index (χ2v) is 3.34. The molecule has 0 aliphatic rings. The lowest BCUT2D eigenvalue weighted by atomic mass is 10.2. The molecule has 0 aliphatic carbocycles. The van der Waals surface area contributed by atoms with Crippen LogP contribution in [-0.2, 0) is 0 Å². The van der Waals surface area contributed by atoms with E-state index in [2.05, 4.69) is 15.3 Å². The molecule has 0 amide bonds. The van der Waals surface area contributed by atoms with Crippen LogP contribution in [0.4, 0.5) is 5.69 Å². The second kappa shape index (κ2) is 4.61. The fraction of sp³-hybridized carbons (Fsp3) is 0. The second-order valence-electron chi connectivity index (χ2n) is 2.93. The maximum atomic E-state index is 5.24. The van der Waals surface area contributed by atoms with Crippen molar-refractivity contribution in [1.82, 2.24) is 9.97 Å². The molecule has 2 aromatic rings. The topological polar surface area (TPSA) is 37.8 Å². The van der Waals surface area contributed by atoms with Crippen LogP contribution < -0.4 is 5.32 Å². The number of aromatic nitrogens is 2. The molecule has 0 spiro atoms. The Kier molecular flexibility index (Phi) is 2.99. The Labute approximate surface area is 93.2 Å². The summed E-state index contributed by atoms with van der Waals surface area (Å²) in [6, 6.07) is 7.51. The summed E-state index contributed by atoms with van der Waals surface area (Å²) in [5.74, 6) is 0. The highest BCUT2D eigenvalue weighted by Crippen LogP contribution is 2.07. The minimum atomic E-state index is 0.672. The number of rotatable bonds is 2. The predicted molar refractivity (Wildman–Crippen MR) is 63.8 cm³/mol. The lowest BCUT2D eigenvalue weighted by Crippen LogP contribution is -2.10. The molecule has 4 heteroatoms. The molecule has 0 saturated carbocycles. The average Bonchev–Trinajstić information content (AvgIpc) is 2.31. The van der Waals surface area contributed by atoms with E-state index in [1.54, 1.807) is 24.8 Å². The van der Waals surface area contributed by atoms with Crippen LogP contribution in [0.15, 0.2) is 49.1 Å². The van der Waals surface area contributed by atoms with Gasteiger partial charge < -0.3 is 5.32 Å². The summed E-state index contributed by atoms with van der Waals surface area (Å²) in [6.07, 6.45) is 6.88. The lowest BCUT2D eigenvalue weighted by Gasteiger charge is -2.06. The zero-order chi connectivity index (χ0) is 10.5. The predicted octanol–water partition coefficient (Wildman–Crippen LogP) is 2.26. The SMILES string of the molecule is S=C(Nc1cccnc1)c1ccncc1. The number of anilines is 1. The molecule has 3 nitrogen and oxygen atoms in total. The standard InChI is InChI=1S/C11H9N3S/c15-11(9-3-6-12-7-4-9)14-10-2-1-5-13-8-10/h1-8H,(H,14,15). The highest BCUT2D eigenvalue weighted by Gasteiger charge is 1.99. The van der Waals surface area contributed by atoms with Crippen LogP contribution in [0.25, 0.3) is 0 Å². The van der Waals surface area contributed by atoms with Crippen molar-refractivity contribution in [2.75, 3.05) is 5.32 Å². The molecule has 0 aliphatic heterocycles. The molecular weight excluding hydrogens is 206 g/mol. The molecular formula is C11H9N3S. The minimum Gasteiger partial charge on any atom is -0.345 e. The first-order chi connectivity index (χ1) is 7.36. The fourth-order valence-corrected chi connectivity index (χ4v) is 1.40. The van der Waals surface area contributed by atoms with Gasteiger partial charge in [0.1, 0.15) is 4.99 Å². The molecule has 1 N–H and O–H groups in total. The molecule has 2 aromatic heterocycles. The Balaban J connectivity index is 2.12. The van der Waals surface area contributed by atoms with E-state index in [0.717, 1.165) is 11.3 Å². The van der Waals surface area contributed by atoms with E-state index >= 15 is 0 Å². The summed E-state index contributed by atoms with van der Waals surface area (Å²) in [5, 5.41) is 3.10. The zero-order valence-corrected chi connectivity index (χ0v) is 8.74. The van der Waals surface area contributed by atoms with E-state index in [0.29, 0.717) is 4.99 Å². The minimum absolute atomic E-state index is 0.672. The van der Waals surface area contributed by atoms with Crippen molar-refractivity contribution in [2.45, 2.75) is 0 Å². The Hall–Kier alpha value is -1.81. The summed E-state index contributed by atoms with van der Waals surface area (Å²) in [7, 11) is 0. The fourth-order valence-electron chi connectivity index (χ4n) is 1.14. The summed E-state index contributed by atoms with van der Waals surface area (Å²) in [4.78, 5) is 8.60. The first-order valence-electron chi connectivity index (χ1n) is 4.47. The van der Waals surface area contributed by atoms with Gasteiger partial charge in [-0.05, 0) is 24.3 Å². The van der Waals surface area contributed by atoms with Gasteiger partial charge in [-0.2, -0.15) is 0 Å². The van der Waals surface area contributed by atoms with Gasteiger partial charge in [-0.15, -0.1) is 0 Å². The average molecular weight is 215 g/mol. The molecule has 15 heavy (non-hydrogen) atoms. The van der Waals surface area contributed by atoms with Crippen LogP contribution in [0.2, 0.25) is 0 Å². The maximum absolute atomic E-state index is 5.24. The largest absolute Gasteiger partial charge is 0.345 e. The maximum Gasteiger partial charge on any atom is 0.111 e. The summed E-state index contributed by atoms with van der Waals surface area (Å²) < 4.78 is 0. The van der Waals surface area contributed by atoms with Gasteiger partial charge in [0.15, 0.2) is 0 Å². The van der Waals surface area contributed by atoms with Crippen molar-refractivity contribution < 1.29 is 0 Å². The van der Waals surface area contributed by atoms with E-state index < -0.39 is 0 Å². The number of nitrogens with zero attached hydrogens (tertiary/aromatic N) is 2. The number of hydrogen-bond acceptors (Lipinski definition) is 3. The van der Waals surface area contributed by atoms with Crippen molar-refractivity contribution in [3.05, 3.63) is 54.6 Å². The van der Waals surface area contributed by atoms with Crippen LogP contribution >= 0.6 is 12.2 Å². The van der Waals surface area contributed by atoms with Crippen LogP contribution in [-0.4, -0.2) is 15.0 Å². The van der Waals surface area contributed by atoms with E-state index in [1.165, 1.54) is 0 Å². The molecule has 2 heterocycles. The van der Waals surface area contributed by atoms with Gasteiger partial charge in [-0.3, -0.25) is 9.97 Å². The third-order valence-electron chi connectivity index (χ3n) is 1.86. The molecule has 2 rings (SSSR count). The summed E-state index contributed by atoms with van der Waals surface area (Å²) in [5.41, 5.74) is 1.84. The molecule has 0 atom stereocenters. The number of pyridine rings is 2. The van der Waals surface area contributed by atoms with Crippen molar-refractivity contribution in [1.29, 1.82) is 0 Å². The van der Waals surface area contributed by atoms with E-state index in [-0.39, 0.29) is 0 Å². The number of hydrogen-bond donors (Lipinski definition) is 1. The Morgan fingerprint density at radius 1 is 1.07 bits per heavy atom. The molecule has 0 unspecified atom stereocenters. The zero-order valence-electron chi connectivity index (χ0n) is 7.92. The van der Waals surface area contributed by atoms with Crippen molar-refractivity contribution >= 4 is 22.9 Å². The Bertz CT molecular complexity index is 442. The Morgan fingerprint density at radius 3 is 2.53 bits per heavy atom. The first-order valence-corrected chi connectivity index (χ1v) is 4.88. The van der Waals surface area contributed by atoms with Crippen molar-refractivity contribution in [2.24, 2.45) is 0 Å². The quantitative estimate of drug-likeness (QED) is 0.780. The first kappa shape index (κ1) is 9.73. The Morgan fingerprint density at radius 2 is 1.87 bits per heavy atom. The molecule has 0 radical (unpaired) electrons. The van der Waals surface area contributed by atoms with Gasteiger partial charge in [-0.25, -0.2) is 0 Å². The van der Waals surface area contributed by atoms with Gasteiger partial charge >= 0.3 is 0 Å². The van der Waals surface area contributed by atoms with Gasteiger partial charge in [0.25, 0.3) is 0 Å². The van der Waals surface area contributed by atoms with Crippen LogP contribution in [0.5, 0.6) is 0 Å². The lowest BCUT2D eigenvalue weighted by molar-refractivity contribution is 1.32. The van der Waals surface area contributed by atoms with Crippen LogP contribution in [0.1, 0.15) is 5.56 Å². The van der Waals surface area contributed by atoms with Crippen LogP contribution in [0, 0.1) is 0 Å². The monoisotopic (exact) mass is 215 g/mol. The highest BCUT2D eigenvalue weighted by atomic mass is 32.1. The molecule has 74 valence electrons. The van der Waals surface area contributed by atoms with Gasteiger partial charge in [0.05, 0.1) is 11.9 Å². The van der Waals surface area contributed by atoms with Crippen molar-refractivity contribution in [3.63, 3.8) is 0 Å². The van der Waals surface area contributed by atoms with Crippen molar-refractivity contribution in [3.8, 4) is 0 Å². The summed E-state index contributed by atoms with van der Waals surface area (Å²) in [6.45, 7) is 0. The smallest absolute Gasteiger partial charge is 0.111 e. The molecule has 0 bridgehead atoms. The molecule has 0 saturated heterocycles. The summed E-state index contributed by atoms with van der Waals surface area (Å²) >= 11 is 5.24. The van der Waals surface area contributed by atoms with Gasteiger partial charge in [0.2, 0.25) is 0 Å². The normalized spacial score (nSPS) is 9.60. The third-order valence-corrected chi connectivity index (χ3v) is 2.20. The number of thiocarbonyl (C=S) groups is 1. The van der Waals surface area contributed by atoms with E-state index in [9.17, 15) is 0 Å². The number of nitrogens with one attached hydrogen (secondary N) is 1. The molecule has 0 aromatic carbocycles.